The molecule has 1 rings (SSSR count). The minimum atomic E-state index is -0.956. The number of rotatable bonds is 6. The van der Waals surface area contributed by atoms with Gasteiger partial charge in [0.2, 0.25) is 5.91 Å². The molecule has 5 heteroatoms. The number of halogens is 1. The lowest BCUT2D eigenvalue weighted by atomic mass is 10.0. The molecule has 0 heterocycles. The maximum Gasteiger partial charge on any atom is 0.240 e. The number of hydrogen-bond donors (Lipinski definition) is 2. The first kappa shape index (κ1) is 14.4. The Morgan fingerprint density at radius 3 is 2.44 bits per heavy atom. The van der Waals surface area contributed by atoms with Crippen molar-refractivity contribution < 1.29 is 13.9 Å². The van der Waals surface area contributed by atoms with Crippen LogP contribution in [0.25, 0.3) is 0 Å². The first-order chi connectivity index (χ1) is 8.33. The normalized spacial score (nSPS) is 14.3. The highest BCUT2D eigenvalue weighted by Gasteiger charge is 2.32. The van der Waals surface area contributed by atoms with Crippen LogP contribution >= 0.6 is 0 Å². The van der Waals surface area contributed by atoms with E-state index in [1.54, 1.807) is 6.92 Å². The quantitative estimate of drug-likeness (QED) is 0.807. The molecule has 1 aromatic carbocycles. The van der Waals surface area contributed by atoms with E-state index in [2.05, 4.69) is 5.32 Å². The number of hydrogen-bond acceptors (Lipinski definition) is 3. The second kappa shape index (κ2) is 5.82. The third-order valence-electron chi connectivity index (χ3n) is 2.49. The molecule has 1 amide bonds. The second-order valence-corrected chi connectivity index (χ2v) is 4.74. The van der Waals surface area contributed by atoms with Crippen molar-refractivity contribution in [3.05, 3.63) is 30.1 Å². The lowest BCUT2D eigenvalue weighted by molar-refractivity contribution is -0.125. The van der Waals surface area contributed by atoms with Gasteiger partial charge in [0.1, 0.15) is 23.7 Å². The van der Waals surface area contributed by atoms with Gasteiger partial charge in [0.15, 0.2) is 0 Å². The molecule has 1 aromatic rings. The van der Waals surface area contributed by atoms with Crippen LogP contribution in [0, 0.1) is 5.82 Å². The number of carbonyl (C=O) groups excluding carboxylic acids is 1. The van der Waals surface area contributed by atoms with E-state index in [1.807, 2.05) is 13.8 Å². The van der Waals surface area contributed by atoms with Crippen LogP contribution in [0.4, 0.5) is 4.39 Å². The van der Waals surface area contributed by atoms with Gasteiger partial charge in [0, 0.05) is 6.04 Å². The summed E-state index contributed by atoms with van der Waals surface area (Å²) >= 11 is 0. The molecule has 0 aliphatic carbocycles. The molecule has 0 saturated heterocycles. The Kier molecular flexibility index (Phi) is 4.67. The molecule has 0 bridgehead atoms. The second-order valence-electron chi connectivity index (χ2n) is 4.74. The molecule has 100 valence electrons. The van der Waals surface area contributed by atoms with Gasteiger partial charge in [-0.25, -0.2) is 4.39 Å². The minimum absolute atomic E-state index is 0.0894. The summed E-state index contributed by atoms with van der Waals surface area (Å²) in [4.78, 5) is 11.5. The highest BCUT2D eigenvalue weighted by atomic mass is 19.1. The topological polar surface area (TPSA) is 64.3 Å². The van der Waals surface area contributed by atoms with Crippen LogP contribution in [-0.4, -0.2) is 24.1 Å². The molecule has 0 aliphatic heterocycles. The van der Waals surface area contributed by atoms with E-state index in [0.717, 1.165) is 0 Å². The molecule has 18 heavy (non-hydrogen) atoms. The SMILES string of the molecule is CC(C)NC(C)(COc1ccc(F)cc1)C(N)=O. The molecular formula is C13H19FN2O2. The molecule has 1 unspecified atom stereocenters. The molecule has 0 spiro atoms. The highest BCUT2D eigenvalue weighted by Crippen LogP contribution is 2.14. The van der Waals surface area contributed by atoms with Crippen molar-refractivity contribution in [2.45, 2.75) is 32.4 Å². The van der Waals surface area contributed by atoms with Crippen molar-refractivity contribution in [2.75, 3.05) is 6.61 Å². The lowest BCUT2D eigenvalue weighted by Gasteiger charge is -2.29. The number of nitrogens with two attached hydrogens (primary N) is 1. The largest absolute Gasteiger partial charge is 0.491 e. The van der Waals surface area contributed by atoms with E-state index < -0.39 is 11.4 Å². The van der Waals surface area contributed by atoms with E-state index in [-0.39, 0.29) is 18.5 Å². The molecular weight excluding hydrogens is 235 g/mol. The maximum atomic E-state index is 12.7. The predicted octanol–water partition coefficient (Wildman–Crippen LogP) is 1.45. The van der Waals surface area contributed by atoms with Gasteiger partial charge in [0.25, 0.3) is 0 Å². The summed E-state index contributed by atoms with van der Waals surface area (Å²) in [6.45, 7) is 5.60. The van der Waals surface area contributed by atoms with E-state index in [9.17, 15) is 9.18 Å². The average Bonchev–Trinajstić information content (AvgIpc) is 2.27. The van der Waals surface area contributed by atoms with Crippen molar-refractivity contribution in [1.82, 2.24) is 5.32 Å². The number of benzene rings is 1. The van der Waals surface area contributed by atoms with E-state index in [1.165, 1.54) is 24.3 Å². The summed E-state index contributed by atoms with van der Waals surface area (Å²) in [5.41, 5.74) is 4.41. The number of nitrogens with one attached hydrogen (secondary N) is 1. The Balaban J connectivity index is 2.68. The molecule has 3 N–H and O–H groups in total. The third-order valence-corrected chi connectivity index (χ3v) is 2.49. The van der Waals surface area contributed by atoms with Gasteiger partial charge in [-0.1, -0.05) is 0 Å². The van der Waals surface area contributed by atoms with Crippen LogP contribution in [0.5, 0.6) is 5.75 Å². The summed E-state index contributed by atoms with van der Waals surface area (Å²) in [5, 5.41) is 3.06. The van der Waals surface area contributed by atoms with Crippen LogP contribution in [0.15, 0.2) is 24.3 Å². The first-order valence-electron chi connectivity index (χ1n) is 5.79. The lowest BCUT2D eigenvalue weighted by Crippen LogP contribution is -2.59. The Labute approximate surface area is 106 Å². The summed E-state index contributed by atoms with van der Waals surface area (Å²) in [6.07, 6.45) is 0. The maximum absolute atomic E-state index is 12.7. The molecule has 0 aliphatic rings. The standard InChI is InChI=1S/C13H19FN2O2/c1-9(2)16-13(3,12(15)17)8-18-11-6-4-10(14)5-7-11/h4-7,9,16H,8H2,1-3H3,(H2,15,17). The number of carbonyl (C=O) groups is 1. The minimum Gasteiger partial charge on any atom is -0.491 e. The van der Waals surface area contributed by atoms with Gasteiger partial charge in [0.05, 0.1) is 0 Å². The fourth-order valence-corrected chi connectivity index (χ4v) is 1.58. The number of primary amides is 1. The molecule has 4 nitrogen and oxygen atoms in total. The summed E-state index contributed by atoms with van der Waals surface area (Å²) < 4.78 is 18.2. The van der Waals surface area contributed by atoms with Crippen LogP contribution < -0.4 is 15.8 Å². The summed E-state index contributed by atoms with van der Waals surface area (Å²) in [6, 6.07) is 5.71. The fourth-order valence-electron chi connectivity index (χ4n) is 1.58. The van der Waals surface area contributed by atoms with E-state index >= 15 is 0 Å². The fraction of sp³-hybridized carbons (Fsp3) is 0.462. The monoisotopic (exact) mass is 254 g/mol. The smallest absolute Gasteiger partial charge is 0.240 e. The Hall–Kier alpha value is -1.62. The highest BCUT2D eigenvalue weighted by molar-refractivity contribution is 5.84. The zero-order valence-electron chi connectivity index (χ0n) is 10.9. The van der Waals surface area contributed by atoms with Gasteiger partial charge in [-0.2, -0.15) is 0 Å². The average molecular weight is 254 g/mol. The summed E-state index contributed by atoms with van der Waals surface area (Å²) in [5.74, 6) is -0.326. The molecule has 0 fully saturated rings. The van der Waals surface area contributed by atoms with Crippen LogP contribution in [0.3, 0.4) is 0 Å². The van der Waals surface area contributed by atoms with Gasteiger partial charge < -0.3 is 10.5 Å². The van der Waals surface area contributed by atoms with Gasteiger partial charge in [-0.15, -0.1) is 0 Å². The zero-order valence-corrected chi connectivity index (χ0v) is 10.9. The van der Waals surface area contributed by atoms with E-state index in [0.29, 0.717) is 5.75 Å². The van der Waals surface area contributed by atoms with E-state index in [4.69, 9.17) is 10.5 Å². The van der Waals surface area contributed by atoms with Gasteiger partial charge in [-0.3, -0.25) is 10.1 Å². The summed E-state index contributed by atoms with van der Waals surface area (Å²) in [7, 11) is 0. The van der Waals surface area contributed by atoms with Crippen molar-refractivity contribution in [3.63, 3.8) is 0 Å². The Bertz CT molecular complexity index is 406. The Morgan fingerprint density at radius 2 is 2.00 bits per heavy atom. The van der Waals surface area contributed by atoms with Crippen molar-refractivity contribution in [3.8, 4) is 5.75 Å². The number of ether oxygens (including phenoxy) is 1. The van der Waals surface area contributed by atoms with Crippen LogP contribution in [-0.2, 0) is 4.79 Å². The van der Waals surface area contributed by atoms with Crippen LogP contribution in [0.1, 0.15) is 20.8 Å². The Morgan fingerprint density at radius 1 is 1.44 bits per heavy atom. The van der Waals surface area contributed by atoms with Crippen LogP contribution in [0.2, 0.25) is 0 Å². The molecule has 0 aromatic heterocycles. The van der Waals surface area contributed by atoms with Crippen molar-refractivity contribution in [2.24, 2.45) is 5.73 Å². The van der Waals surface area contributed by atoms with Gasteiger partial charge in [-0.05, 0) is 45.0 Å². The molecule has 1 atom stereocenters. The predicted molar refractivity (Wildman–Crippen MR) is 67.8 cm³/mol. The third kappa shape index (κ3) is 4.00. The van der Waals surface area contributed by atoms with Gasteiger partial charge >= 0.3 is 0 Å². The first-order valence-corrected chi connectivity index (χ1v) is 5.79. The van der Waals surface area contributed by atoms with Crippen molar-refractivity contribution >= 4 is 5.91 Å². The molecule has 0 saturated carbocycles. The van der Waals surface area contributed by atoms with Crippen molar-refractivity contribution in [1.29, 1.82) is 0 Å². The molecule has 0 radical (unpaired) electrons. The zero-order chi connectivity index (χ0) is 13.8. The number of amides is 1.